The third-order valence-corrected chi connectivity index (χ3v) is 6.22. The summed E-state index contributed by atoms with van der Waals surface area (Å²) in [5.41, 5.74) is -0.124. The number of hydrogen-bond donors (Lipinski definition) is 1. The molecule has 0 aliphatic carbocycles. The summed E-state index contributed by atoms with van der Waals surface area (Å²) >= 11 is 5.96. The Morgan fingerprint density at radius 2 is 1.85 bits per heavy atom. The first-order chi connectivity index (χ1) is 12.7. The lowest BCUT2D eigenvalue weighted by Gasteiger charge is -2.18. The van der Waals surface area contributed by atoms with Crippen LogP contribution >= 0.6 is 11.6 Å². The summed E-state index contributed by atoms with van der Waals surface area (Å²) in [5, 5.41) is 13.5. The van der Waals surface area contributed by atoms with Crippen molar-refractivity contribution in [3.05, 3.63) is 63.2 Å². The van der Waals surface area contributed by atoms with Gasteiger partial charge in [0.15, 0.2) is 0 Å². The van der Waals surface area contributed by atoms with E-state index in [9.17, 15) is 23.3 Å². The van der Waals surface area contributed by atoms with Crippen LogP contribution in [0.15, 0.2) is 47.4 Å². The summed E-state index contributed by atoms with van der Waals surface area (Å²) in [5.74, 6) is -0.680. The van der Waals surface area contributed by atoms with E-state index in [0.29, 0.717) is 13.1 Å². The molecule has 0 atom stereocenters. The molecule has 0 bridgehead atoms. The largest absolute Gasteiger partial charge is 0.322 e. The van der Waals surface area contributed by atoms with Crippen molar-refractivity contribution in [3.63, 3.8) is 0 Å². The van der Waals surface area contributed by atoms with E-state index in [4.69, 9.17) is 11.6 Å². The van der Waals surface area contributed by atoms with Crippen molar-refractivity contribution in [1.82, 2.24) is 4.31 Å². The first-order valence-electron chi connectivity index (χ1n) is 8.06. The number of nitro benzene ring substituents is 1. The first kappa shape index (κ1) is 20.8. The smallest absolute Gasteiger partial charge is 0.270 e. The van der Waals surface area contributed by atoms with Crippen molar-refractivity contribution < 1.29 is 18.1 Å². The molecular weight excluding hydrogens is 394 g/mol. The fraction of sp³-hybridized carbons (Fsp3) is 0.235. The molecule has 0 spiro atoms. The maximum absolute atomic E-state index is 12.6. The zero-order valence-electron chi connectivity index (χ0n) is 14.7. The molecule has 27 heavy (non-hydrogen) atoms. The Labute approximate surface area is 162 Å². The number of carbonyl (C=O) groups is 1. The van der Waals surface area contributed by atoms with E-state index in [-0.39, 0.29) is 26.9 Å². The summed E-state index contributed by atoms with van der Waals surface area (Å²) < 4.78 is 26.5. The van der Waals surface area contributed by atoms with Crippen LogP contribution in [0, 0.1) is 10.1 Å². The summed E-state index contributed by atoms with van der Waals surface area (Å²) in [6, 6.07) is 9.30. The fourth-order valence-electron chi connectivity index (χ4n) is 2.45. The predicted octanol–water partition coefficient (Wildman–Crippen LogP) is 3.53. The van der Waals surface area contributed by atoms with Crippen LogP contribution in [0.4, 0.5) is 11.4 Å². The molecule has 2 rings (SSSR count). The summed E-state index contributed by atoms with van der Waals surface area (Å²) in [6.07, 6.45) is 0. The van der Waals surface area contributed by atoms with Gasteiger partial charge in [0.1, 0.15) is 0 Å². The third-order valence-electron chi connectivity index (χ3n) is 3.84. The van der Waals surface area contributed by atoms with Crippen LogP contribution in [0.5, 0.6) is 0 Å². The zero-order valence-corrected chi connectivity index (χ0v) is 16.2. The molecule has 0 saturated heterocycles. The molecule has 1 amide bonds. The number of carbonyl (C=O) groups excluding carboxylic acids is 1. The topological polar surface area (TPSA) is 110 Å². The molecule has 0 saturated carbocycles. The second kappa shape index (κ2) is 8.47. The van der Waals surface area contributed by atoms with Gasteiger partial charge in [-0.25, -0.2) is 8.42 Å². The van der Waals surface area contributed by atoms with E-state index in [2.05, 4.69) is 5.32 Å². The maximum atomic E-state index is 12.6. The van der Waals surface area contributed by atoms with Gasteiger partial charge in [0, 0.05) is 30.9 Å². The average molecular weight is 412 g/mol. The van der Waals surface area contributed by atoms with Crippen molar-refractivity contribution >= 4 is 38.9 Å². The predicted molar refractivity (Wildman–Crippen MR) is 103 cm³/mol. The minimum atomic E-state index is -3.68. The van der Waals surface area contributed by atoms with Gasteiger partial charge in [0.25, 0.3) is 11.6 Å². The van der Waals surface area contributed by atoms with Gasteiger partial charge in [-0.05, 0) is 24.3 Å². The van der Waals surface area contributed by atoms with Crippen LogP contribution in [0.25, 0.3) is 0 Å². The van der Waals surface area contributed by atoms with Gasteiger partial charge in [0.2, 0.25) is 10.0 Å². The zero-order chi connectivity index (χ0) is 20.2. The van der Waals surface area contributed by atoms with Gasteiger partial charge >= 0.3 is 0 Å². The van der Waals surface area contributed by atoms with E-state index in [1.165, 1.54) is 40.7 Å². The molecule has 0 unspecified atom stereocenters. The molecule has 144 valence electrons. The Bertz CT molecular complexity index is 974. The number of halogens is 1. The number of benzene rings is 2. The SMILES string of the molecule is CCN(CC)S(=O)(=O)c1cccc(NC(=O)c2cc([N+](=O)[O-])ccc2Cl)c1. The molecule has 0 heterocycles. The van der Waals surface area contributed by atoms with E-state index < -0.39 is 20.9 Å². The Kier molecular flexibility index (Phi) is 6.53. The van der Waals surface area contributed by atoms with E-state index in [1.54, 1.807) is 13.8 Å². The number of sulfonamides is 1. The van der Waals surface area contributed by atoms with E-state index in [0.717, 1.165) is 6.07 Å². The molecule has 10 heteroatoms. The molecule has 0 aliphatic heterocycles. The normalized spacial score (nSPS) is 11.4. The molecule has 0 fully saturated rings. The van der Waals surface area contributed by atoms with Gasteiger partial charge in [0.05, 0.1) is 20.4 Å². The highest BCUT2D eigenvalue weighted by Gasteiger charge is 2.22. The number of amides is 1. The maximum Gasteiger partial charge on any atom is 0.270 e. The lowest BCUT2D eigenvalue weighted by atomic mass is 10.2. The summed E-state index contributed by atoms with van der Waals surface area (Å²) in [7, 11) is -3.68. The number of non-ortho nitro benzene ring substituents is 1. The summed E-state index contributed by atoms with van der Waals surface area (Å²) in [4.78, 5) is 22.7. The van der Waals surface area contributed by atoms with Crippen LogP contribution in [0.2, 0.25) is 5.02 Å². The van der Waals surface area contributed by atoms with Crippen LogP contribution in [0.1, 0.15) is 24.2 Å². The van der Waals surface area contributed by atoms with Crippen LogP contribution in [-0.4, -0.2) is 36.6 Å². The quantitative estimate of drug-likeness (QED) is 0.553. The molecule has 0 aromatic heterocycles. The second-order valence-corrected chi connectivity index (χ2v) is 7.84. The third kappa shape index (κ3) is 4.62. The van der Waals surface area contributed by atoms with Gasteiger partial charge in [-0.1, -0.05) is 31.5 Å². The number of rotatable bonds is 7. The van der Waals surface area contributed by atoms with Crippen LogP contribution < -0.4 is 5.32 Å². The van der Waals surface area contributed by atoms with E-state index in [1.807, 2.05) is 0 Å². The molecule has 0 aliphatic rings. The van der Waals surface area contributed by atoms with Gasteiger partial charge in [-0.3, -0.25) is 14.9 Å². The second-order valence-electron chi connectivity index (χ2n) is 5.49. The number of anilines is 1. The molecular formula is C17H18ClN3O5S. The Hall–Kier alpha value is -2.49. The molecule has 2 aromatic rings. The standard InChI is InChI=1S/C17H18ClN3O5S/c1-3-20(4-2)27(25,26)14-7-5-6-12(10-14)19-17(22)15-11-13(21(23)24)8-9-16(15)18/h5-11H,3-4H2,1-2H3,(H,19,22). The van der Waals surface area contributed by atoms with E-state index >= 15 is 0 Å². The summed E-state index contributed by atoms with van der Waals surface area (Å²) in [6.45, 7) is 4.10. The highest BCUT2D eigenvalue weighted by molar-refractivity contribution is 7.89. The number of nitrogens with zero attached hydrogens (tertiary/aromatic N) is 2. The van der Waals surface area contributed by atoms with Crippen LogP contribution in [0.3, 0.4) is 0 Å². The Morgan fingerprint density at radius 3 is 2.44 bits per heavy atom. The Balaban J connectivity index is 2.33. The van der Waals surface area contributed by atoms with Crippen molar-refractivity contribution in [3.8, 4) is 0 Å². The first-order valence-corrected chi connectivity index (χ1v) is 9.88. The monoisotopic (exact) mass is 411 g/mol. The van der Waals surface area contributed by atoms with Crippen molar-refractivity contribution in [2.24, 2.45) is 0 Å². The van der Waals surface area contributed by atoms with Gasteiger partial charge in [-0.15, -0.1) is 0 Å². The minimum Gasteiger partial charge on any atom is -0.322 e. The highest BCUT2D eigenvalue weighted by atomic mass is 35.5. The Morgan fingerprint density at radius 1 is 1.19 bits per heavy atom. The number of nitro groups is 1. The lowest BCUT2D eigenvalue weighted by Crippen LogP contribution is -2.30. The van der Waals surface area contributed by atoms with Gasteiger partial charge < -0.3 is 5.32 Å². The van der Waals surface area contributed by atoms with Crippen molar-refractivity contribution in [2.75, 3.05) is 18.4 Å². The lowest BCUT2D eigenvalue weighted by molar-refractivity contribution is -0.384. The van der Waals surface area contributed by atoms with Crippen molar-refractivity contribution in [2.45, 2.75) is 18.7 Å². The minimum absolute atomic E-state index is 0.0362. The van der Waals surface area contributed by atoms with Gasteiger partial charge in [-0.2, -0.15) is 4.31 Å². The fourth-order valence-corrected chi connectivity index (χ4v) is 4.15. The number of nitrogens with one attached hydrogen (secondary N) is 1. The molecule has 1 N–H and O–H groups in total. The molecule has 2 aromatic carbocycles. The van der Waals surface area contributed by atoms with Crippen LogP contribution in [-0.2, 0) is 10.0 Å². The molecule has 0 radical (unpaired) electrons. The van der Waals surface area contributed by atoms with Crippen molar-refractivity contribution in [1.29, 1.82) is 0 Å². The average Bonchev–Trinajstić information content (AvgIpc) is 2.62. The highest BCUT2D eigenvalue weighted by Crippen LogP contribution is 2.24. The number of hydrogen-bond acceptors (Lipinski definition) is 5. The molecule has 8 nitrogen and oxygen atoms in total.